The van der Waals surface area contributed by atoms with Crippen molar-refractivity contribution in [1.82, 2.24) is 9.97 Å². The number of thiophene rings is 1. The summed E-state index contributed by atoms with van der Waals surface area (Å²) in [7, 11) is 0. The molecule has 0 bridgehead atoms. The Morgan fingerprint density at radius 1 is 1.11 bits per heavy atom. The topological polar surface area (TPSA) is 64.1 Å². The molecule has 2 aromatic carbocycles. The summed E-state index contributed by atoms with van der Waals surface area (Å²) in [5, 5.41) is 5.70. The van der Waals surface area contributed by atoms with Crippen LogP contribution in [0.15, 0.2) is 64.8 Å². The number of aromatic nitrogens is 2. The quantitative estimate of drug-likeness (QED) is 0.163. The third-order valence-corrected chi connectivity index (χ3v) is 8.72. The van der Waals surface area contributed by atoms with Gasteiger partial charge in [0, 0.05) is 28.1 Å². The lowest BCUT2D eigenvalue weighted by atomic mass is 9.95. The maximum absolute atomic E-state index is 12.8. The van der Waals surface area contributed by atoms with Gasteiger partial charge in [0.15, 0.2) is 5.16 Å². The number of fused-ring (bicyclic) bond motifs is 3. The highest BCUT2D eigenvalue weighted by Crippen LogP contribution is 2.42. The summed E-state index contributed by atoms with van der Waals surface area (Å²) >= 11 is 4.80. The highest BCUT2D eigenvalue weighted by Gasteiger charge is 2.31. The molecule has 1 aliphatic rings. The molecule has 0 atom stereocenters. The minimum atomic E-state index is -0.230. The molecule has 5 rings (SSSR count). The van der Waals surface area contributed by atoms with Gasteiger partial charge in [-0.3, -0.25) is 4.79 Å². The van der Waals surface area contributed by atoms with Crippen LogP contribution in [-0.2, 0) is 28.3 Å². The fourth-order valence-corrected chi connectivity index (χ4v) is 6.98. The number of hydrogen-bond donors (Lipinski definition) is 1. The van der Waals surface area contributed by atoms with Gasteiger partial charge in [-0.1, -0.05) is 66.0 Å². The molecule has 0 unspecified atom stereocenters. The molecule has 1 aliphatic heterocycles. The number of aryl methyl sites for hydroxylation is 1. The van der Waals surface area contributed by atoms with E-state index in [1.54, 1.807) is 23.1 Å². The summed E-state index contributed by atoms with van der Waals surface area (Å²) in [6.45, 7) is 6.84. The molecule has 0 spiro atoms. The predicted molar refractivity (Wildman–Crippen MR) is 147 cm³/mol. The molecule has 0 fully saturated rings. The molecule has 2 aromatic heterocycles. The maximum atomic E-state index is 12.8. The summed E-state index contributed by atoms with van der Waals surface area (Å²) in [4.78, 5) is 24.8. The van der Waals surface area contributed by atoms with Gasteiger partial charge < -0.3 is 10.1 Å². The number of nitrogens with zero attached hydrogens (tertiary/aromatic N) is 2. The molecule has 35 heavy (non-hydrogen) atoms. The van der Waals surface area contributed by atoms with Gasteiger partial charge in [-0.15, -0.1) is 11.3 Å². The van der Waals surface area contributed by atoms with Crippen molar-refractivity contribution in [2.75, 3.05) is 11.1 Å². The Hall–Kier alpha value is -2.39. The lowest BCUT2D eigenvalue weighted by molar-refractivity contribution is -0.113. The Bertz CT molecular complexity index is 1370. The first-order chi connectivity index (χ1) is 16.9. The molecule has 1 N–H and O–H groups in total. The van der Waals surface area contributed by atoms with E-state index >= 15 is 0 Å². The SMILES string of the molecule is Cc1cccc(NC(=O)CSc2nc(SCc3ccccc3)nc3sc4c(c23)CC(C)(C)OC4)c1. The molecular weight excluding hydrogens is 495 g/mol. The molecule has 3 heterocycles. The van der Waals surface area contributed by atoms with Crippen molar-refractivity contribution < 1.29 is 9.53 Å². The van der Waals surface area contributed by atoms with Crippen LogP contribution in [-0.4, -0.2) is 27.2 Å². The van der Waals surface area contributed by atoms with E-state index in [4.69, 9.17) is 14.7 Å². The Balaban J connectivity index is 1.42. The molecule has 0 saturated carbocycles. The minimum absolute atomic E-state index is 0.0430. The van der Waals surface area contributed by atoms with Gasteiger partial charge in [-0.05, 0) is 49.6 Å². The van der Waals surface area contributed by atoms with E-state index in [1.165, 1.54) is 27.8 Å². The van der Waals surface area contributed by atoms with Gasteiger partial charge in [0.25, 0.3) is 0 Å². The number of rotatable bonds is 7. The van der Waals surface area contributed by atoms with E-state index in [2.05, 4.69) is 31.3 Å². The average Bonchev–Trinajstić information content (AvgIpc) is 3.18. The molecule has 5 nitrogen and oxygen atoms in total. The molecule has 8 heteroatoms. The Kier molecular flexibility index (Phi) is 7.16. The number of carbonyl (C=O) groups excluding carboxylic acids is 1. The first-order valence-electron chi connectivity index (χ1n) is 11.5. The first kappa shape index (κ1) is 24.3. The molecule has 180 valence electrons. The van der Waals surface area contributed by atoms with Crippen molar-refractivity contribution >= 4 is 56.7 Å². The van der Waals surface area contributed by atoms with Crippen LogP contribution in [0.3, 0.4) is 0 Å². The van der Waals surface area contributed by atoms with Crippen molar-refractivity contribution in [3.63, 3.8) is 0 Å². The lowest BCUT2D eigenvalue weighted by Gasteiger charge is -2.30. The zero-order chi connectivity index (χ0) is 24.4. The van der Waals surface area contributed by atoms with Gasteiger partial charge in [0.2, 0.25) is 5.91 Å². The average molecular weight is 522 g/mol. The summed E-state index contributed by atoms with van der Waals surface area (Å²) in [6.07, 6.45) is 0.811. The van der Waals surface area contributed by atoms with Crippen molar-refractivity contribution in [2.45, 2.75) is 55.3 Å². The number of amides is 1. The minimum Gasteiger partial charge on any atom is -0.370 e. The van der Waals surface area contributed by atoms with Crippen LogP contribution < -0.4 is 5.32 Å². The lowest BCUT2D eigenvalue weighted by Crippen LogP contribution is -2.31. The Morgan fingerprint density at radius 2 is 1.94 bits per heavy atom. The van der Waals surface area contributed by atoms with E-state index in [0.717, 1.165) is 43.8 Å². The van der Waals surface area contributed by atoms with Crippen LogP contribution >= 0.6 is 34.9 Å². The number of ether oxygens (including phenoxy) is 1. The largest absolute Gasteiger partial charge is 0.370 e. The van der Waals surface area contributed by atoms with Crippen LogP contribution in [0.4, 0.5) is 5.69 Å². The number of hydrogen-bond acceptors (Lipinski definition) is 7. The van der Waals surface area contributed by atoms with Crippen LogP contribution in [0.1, 0.15) is 35.4 Å². The molecule has 1 amide bonds. The summed E-state index contributed by atoms with van der Waals surface area (Å²) in [6, 6.07) is 18.2. The number of anilines is 1. The molecular formula is C27H27N3O2S3. The second kappa shape index (κ2) is 10.3. The van der Waals surface area contributed by atoms with E-state index < -0.39 is 0 Å². The van der Waals surface area contributed by atoms with Crippen LogP contribution in [0, 0.1) is 6.92 Å². The van der Waals surface area contributed by atoms with Gasteiger partial charge in [0.1, 0.15) is 9.86 Å². The fraction of sp³-hybridized carbons (Fsp3) is 0.296. The van der Waals surface area contributed by atoms with Crippen molar-refractivity contribution in [2.24, 2.45) is 0 Å². The molecule has 4 aromatic rings. The van der Waals surface area contributed by atoms with E-state index in [1.807, 2.05) is 49.4 Å². The number of nitrogens with one attached hydrogen (secondary N) is 1. The third-order valence-electron chi connectivity index (χ3n) is 5.73. The number of carbonyl (C=O) groups is 1. The number of thioether (sulfide) groups is 2. The summed E-state index contributed by atoms with van der Waals surface area (Å²) in [5.74, 6) is 1.04. The van der Waals surface area contributed by atoms with Gasteiger partial charge in [-0.25, -0.2) is 9.97 Å². The summed E-state index contributed by atoms with van der Waals surface area (Å²) < 4.78 is 6.06. The highest BCUT2D eigenvalue weighted by molar-refractivity contribution is 8.00. The van der Waals surface area contributed by atoms with Crippen molar-refractivity contribution in [3.8, 4) is 0 Å². The second-order valence-corrected chi connectivity index (χ2v) is 12.2. The predicted octanol–water partition coefficient (Wildman–Crippen LogP) is 6.87. The zero-order valence-electron chi connectivity index (χ0n) is 20.0. The second-order valence-electron chi connectivity index (χ2n) is 9.20. The standard InChI is InChI=1S/C27H27N3O2S3/c1-17-8-7-11-19(12-17)28-22(31)16-33-24-23-20-13-27(2,3)32-14-21(20)35-25(23)30-26(29-24)34-15-18-9-5-4-6-10-18/h4-12H,13-16H2,1-3H3,(H,28,31). The fourth-order valence-electron chi connectivity index (χ4n) is 4.04. The van der Waals surface area contributed by atoms with E-state index in [9.17, 15) is 4.79 Å². The van der Waals surface area contributed by atoms with E-state index in [0.29, 0.717) is 6.61 Å². The summed E-state index contributed by atoms with van der Waals surface area (Å²) in [5.41, 5.74) is 4.19. The highest BCUT2D eigenvalue weighted by atomic mass is 32.2. The third kappa shape index (κ3) is 5.89. The van der Waals surface area contributed by atoms with Gasteiger partial charge >= 0.3 is 0 Å². The zero-order valence-corrected chi connectivity index (χ0v) is 22.4. The maximum Gasteiger partial charge on any atom is 0.234 e. The van der Waals surface area contributed by atoms with Gasteiger partial charge in [0.05, 0.1) is 18.0 Å². The van der Waals surface area contributed by atoms with Crippen molar-refractivity contribution in [3.05, 3.63) is 76.2 Å². The van der Waals surface area contributed by atoms with Crippen LogP contribution in [0.2, 0.25) is 0 Å². The Morgan fingerprint density at radius 3 is 2.74 bits per heavy atom. The molecule has 0 radical (unpaired) electrons. The van der Waals surface area contributed by atoms with Gasteiger partial charge in [-0.2, -0.15) is 0 Å². The molecule has 0 saturated heterocycles. The van der Waals surface area contributed by atoms with Crippen LogP contribution in [0.25, 0.3) is 10.2 Å². The van der Waals surface area contributed by atoms with E-state index in [-0.39, 0.29) is 17.3 Å². The molecule has 0 aliphatic carbocycles. The normalized spacial score (nSPS) is 14.6. The Labute approximate surface area is 218 Å². The smallest absolute Gasteiger partial charge is 0.234 e. The first-order valence-corrected chi connectivity index (χ1v) is 14.3. The number of benzene rings is 2. The monoisotopic (exact) mass is 521 g/mol. The van der Waals surface area contributed by atoms with Crippen molar-refractivity contribution in [1.29, 1.82) is 0 Å². The van der Waals surface area contributed by atoms with Crippen LogP contribution in [0.5, 0.6) is 0 Å².